The van der Waals surface area contributed by atoms with Crippen LogP contribution in [0.25, 0.3) is 10.6 Å². The van der Waals surface area contributed by atoms with Gasteiger partial charge < -0.3 is 14.5 Å². The van der Waals surface area contributed by atoms with Crippen molar-refractivity contribution in [1.29, 1.82) is 0 Å². The van der Waals surface area contributed by atoms with E-state index in [0.717, 1.165) is 54.5 Å². The van der Waals surface area contributed by atoms with E-state index in [4.69, 9.17) is 9.72 Å². The minimum Gasteiger partial charge on any atom is -0.497 e. The number of thiophene rings is 1. The van der Waals surface area contributed by atoms with E-state index >= 15 is 0 Å². The molecule has 1 aromatic carbocycles. The molecule has 0 bridgehead atoms. The fourth-order valence-electron chi connectivity index (χ4n) is 4.62. The number of carbonyl (C=O) groups is 2. The van der Waals surface area contributed by atoms with Crippen LogP contribution in [-0.2, 0) is 11.3 Å². The number of ether oxygens (including phenoxy) is 1. The third kappa shape index (κ3) is 4.87. The zero-order valence-electron chi connectivity index (χ0n) is 19.2. The summed E-state index contributed by atoms with van der Waals surface area (Å²) in [5.74, 6) is 0.919. The molecule has 2 aromatic heterocycles. The number of benzene rings is 1. The fourth-order valence-corrected chi connectivity index (χ4v) is 6.12. The minimum absolute atomic E-state index is 0.0133. The number of hydrogen-bond acceptors (Lipinski definition) is 7. The summed E-state index contributed by atoms with van der Waals surface area (Å²) in [6.07, 6.45) is 1.64. The maximum atomic E-state index is 13.3. The predicted molar refractivity (Wildman–Crippen MR) is 134 cm³/mol. The van der Waals surface area contributed by atoms with Crippen molar-refractivity contribution >= 4 is 34.5 Å². The molecule has 4 heterocycles. The molecule has 2 aliphatic heterocycles. The van der Waals surface area contributed by atoms with Crippen molar-refractivity contribution in [2.24, 2.45) is 0 Å². The minimum atomic E-state index is -0.327. The summed E-state index contributed by atoms with van der Waals surface area (Å²) in [5.41, 5.74) is 2.14. The van der Waals surface area contributed by atoms with E-state index in [1.54, 1.807) is 23.3 Å². The fraction of sp³-hybridized carbons (Fsp3) is 0.400. The van der Waals surface area contributed by atoms with Gasteiger partial charge in [0.25, 0.3) is 5.91 Å². The summed E-state index contributed by atoms with van der Waals surface area (Å²) in [7, 11) is 1.66. The molecule has 2 fully saturated rings. The molecule has 34 heavy (non-hydrogen) atoms. The smallest absolute Gasteiger partial charge is 0.264 e. The maximum Gasteiger partial charge on any atom is 0.264 e. The highest BCUT2D eigenvalue weighted by Gasteiger charge is 2.38. The summed E-state index contributed by atoms with van der Waals surface area (Å²) >= 11 is 3.09. The molecule has 5 rings (SSSR count). The van der Waals surface area contributed by atoms with Crippen molar-refractivity contribution in [2.75, 3.05) is 39.8 Å². The van der Waals surface area contributed by atoms with E-state index in [2.05, 4.69) is 10.3 Å². The average molecular weight is 497 g/mol. The van der Waals surface area contributed by atoms with E-state index in [1.807, 2.05) is 46.7 Å². The second-order valence-electron chi connectivity index (χ2n) is 8.61. The number of thiazole rings is 1. The van der Waals surface area contributed by atoms with E-state index < -0.39 is 0 Å². The molecular weight excluding hydrogens is 468 g/mol. The molecule has 0 saturated carbocycles. The van der Waals surface area contributed by atoms with E-state index in [9.17, 15) is 9.59 Å². The summed E-state index contributed by atoms with van der Waals surface area (Å²) in [4.78, 5) is 37.7. The summed E-state index contributed by atoms with van der Waals surface area (Å²) in [6.45, 7) is 4.44. The van der Waals surface area contributed by atoms with Crippen LogP contribution in [0.5, 0.6) is 5.75 Å². The summed E-state index contributed by atoms with van der Waals surface area (Å²) < 4.78 is 5.23. The Labute approximate surface area is 207 Å². The van der Waals surface area contributed by atoms with Crippen molar-refractivity contribution in [2.45, 2.75) is 25.4 Å². The number of hydrogen-bond donors (Lipinski definition) is 0. The molecule has 0 N–H and O–H groups in total. The predicted octanol–water partition coefficient (Wildman–Crippen LogP) is 3.83. The lowest BCUT2D eigenvalue weighted by molar-refractivity contribution is -0.137. The molecule has 178 valence electrons. The van der Waals surface area contributed by atoms with E-state index in [1.165, 1.54) is 11.3 Å². The monoisotopic (exact) mass is 496 g/mol. The topological polar surface area (TPSA) is 66.0 Å². The standard InChI is InChI=1S/C25H28N4O3S2/c1-32-20-8-6-18(7-9-20)23-26-19(17-34-23)16-27-11-13-28(14-12-27)24(30)21-4-2-10-29(21)25(31)22-5-3-15-33-22/h3,5-9,15,17,21H,2,4,10-14,16H2,1H3/t21-/m0/s1. The number of nitrogens with zero attached hydrogens (tertiary/aromatic N) is 4. The zero-order chi connectivity index (χ0) is 23.5. The van der Waals surface area contributed by atoms with Crippen LogP contribution in [0.1, 0.15) is 28.2 Å². The van der Waals surface area contributed by atoms with Crippen LogP contribution in [0.2, 0.25) is 0 Å². The second kappa shape index (κ2) is 10.2. The quantitative estimate of drug-likeness (QED) is 0.519. The van der Waals surface area contributed by atoms with Crippen LogP contribution in [0.3, 0.4) is 0 Å². The van der Waals surface area contributed by atoms with Gasteiger partial charge in [0.2, 0.25) is 5.91 Å². The van der Waals surface area contributed by atoms with Crippen LogP contribution in [-0.4, -0.2) is 77.4 Å². The molecule has 2 saturated heterocycles. The number of piperazine rings is 1. The highest BCUT2D eigenvalue weighted by molar-refractivity contribution is 7.13. The molecule has 0 radical (unpaired) electrons. The van der Waals surface area contributed by atoms with Gasteiger partial charge in [0.1, 0.15) is 16.8 Å². The summed E-state index contributed by atoms with van der Waals surface area (Å²) in [6, 6.07) is 11.4. The van der Waals surface area contributed by atoms with Crippen LogP contribution in [0.15, 0.2) is 47.2 Å². The Morgan fingerprint density at radius 1 is 1.06 bits per heavy atom. The maximum absolute atomic E-state index is 13.3. The third-order valence-corrected chi connectivity index (χ3v) is 8.29. The largest absolute Gasteiger partial charge is 0.497 e. The Bertz CT molecular complexity index is 1120. The van der Waals surface area contributed by atoms with Gasteiger partial charge in [-0.25, -0.2) is 4.98 Å². The molecular formula is C25H28N4O3S2. The number of likely N-dealkylation sites (tertiary alicyclic amines) is 1. The first-order valence-electron chi connectivity index (χ1n) is 11.6. The average Bonchev–Trinajstić information content (AvgIpc) is 3.66. The van der Waals surface area contributed by atoms with Gasteiger partial charge in [0.05, 0.1) is 17.7 Å². The second-order valence-corrected chi connectivity index (χ2v) is 10.4. The highest BCUT2D eigenvalue weighted by Crippen LogP contribution is 2.27. The van der Waals surface area contributed by atoms with Crippen molar-refractivity contribution < 1.29 is 14.3 Å². The number of aromatic nitrogens is 1. The van der Waals surface area contributed by atoms with E-state index in [-0.39, 0.29) is 17.9 Å². The van der Waals surface area contributed by atoms with Crippen LogP contribution >= 0.6 is 22.7 Å². The normalized spacial score (nSPS) is 18.9. The lowest BCUT2D eigenvalue weighted by atomic mass is 10.1. The first-order chi connectivity index (χ1) is 16.6. The molecule has 0 aliphatic carbocycles. The van der Waals surface area contributed by atoms with Crippen molar-refractivity contribution in [1.82, 2.24) is 19.7 Å². The molecule has 2 amide bonds. The number of rotatable bonds is 6. The Morgan fingerprint density at radius 2 is 1.85 bits per heavy atom. The molecule has 7 nitrogen and oxygen atoms in total. The Balaban J connectivity index is 1.15. The van der Waals surface area contributed by atoms with Crippen molar-refractivity contribution in [3.63, 3.8) is 0 Å². The number of carbonyl (C=O) groups excluding carboxylic acids is 2. The van der Waals surface area contributed by atoms with Crippen LogP contribution < -0.4 is 4.74 Å². The lowest BCUT2D eigenvalue weighted by Crippen LogP contribution is -2.54. The Kier molecular flexibility index (Phi) is 6.94. The SMILES string of the molecule is COc1ccc(-c2nc(CN3CCN(C(=O)[C@@H]4CCCN4C(=O)c4cccs4)CC3)cs2)cc1. The Hall–Kier alpha value is -2.75. The van der Waals surface area contributed by atoms with Gasteiger partial charge in [0.15, 0.2) is 0 Å². The van der Waals surface area contributed by atoms with Crippen LogP contribution in [0.4, 0.5) is 0 Å². The number of amides is 2. The molecule has 2 aliphatic rings. The van der Waals surface area contributed by atoms with Gasteiger partial charge in [-0.05, 0) is 48.6 Å². The molecule has 0 unspecified atom stereocenters. The molecule has 3 aromatic rings. The highest BCUT2D eigenvalue weighted by atomic mass is 32.1. The van der Waals surface area contributed by atoms with E-state index in [0.29, 0.717) is 24.5 Å². The van der Waals surface area contributed by atoms with Gasteiger partial charge in [-0.1, -0.05) is 6.07 Å². The zero-order valence-corrected chi connectivity index (χ0v) is 20.8. The van der Waals surface area contributed by atoms with Gasteiger partial charge >= 0.3 is 0 Å². The summed E-state index contributed by atoms with van der Waals surface area (Å²) in [5, 5.41) is 5.02. The van der Waals surface area contributed by atoms with Gasteiger partial charge in [0, 0.05) is 50.2 Å². The van der Waals surface area contributed by atoms with Crippen LogP contribution in [0, 0.1) is 0 Å². The number of methoxy groups -OCH3 is 1. The molecule has 9 heteroatoms. The molecule has 0 spiro atoms. The lowest BCUT2D eigenvalue weighted by Gasteiger charge is -2.37. The van der Waals surface area contributed by atoms with Crippen molar-refractivity contribution in [3.05, 3.63) is 57.7 Å². The Morgan fingerprint density at radius 3 is 2.56 bits per heavy atom. The van der Waals surface area contributed by atoms with Gasteiger partial charge in [-0.2, -0.15) is 0 Å². The third-order valence-electron chi connectivity index (χ3n) is 6.49. The molecule has 1 atom stereocenters. The first kappa shape index (κ1) is 23.0. The van der Waals surface area contributed by atoms with Crippen molar-refractivity contribution in [3.8, 4) is 16.3 Å². The van der Waals surface area contributed by atoms with Gasteiger partial charge in [-0.3, -0.25) is 14.5 Å². The van der Waals surface area contributed by atoms with Gasteiger partial charge in [-0.15, -0.1) is 22.7 Å². The first-order valence-corrected chi connectivity index (χ1v) is 13.3.